The van der Waals surface area contributed by atoms with Gasteiger partial charge in [-0.3, -0.25) is 4.79 Å². The number of hydrogen-bond donors (Lipinski definition) is 1. The fraction of sp³-hybridized carbons (Fsp3) is 0.417. The van der Waals surface area contributed by atoms with Crippen molar-refractivity contribution >= 4 is 17.3 Å². The van der Waals surface area contributed by atoms with E-state index in [1.54, 1.807) is 11.3 Å². The molecular formula is C12H14O2S. The fourth-order valence-corrected chi connectivity index (χ4v) is 3.18. The van der Waals surface area contributed by atoms with E-state index in [4.69, 9.17) is 0 Å². The summed E-state index contributed by atoms with van der Waals surface area (Å²) in [5.41, 5.74) is 1.01. The molecule has 1 heterocycles. The summed E-state index contributed by atoms with van der Waals surface area (Å²) >= 11 is 1.66. The molecule has 1 aliphatic carbocycles. The second-order valence-corrected chi connectivity index (χ2v) is 4.94. The van der Waals surface area contributed by atoms with Gasteiger partial charge in [-0.1, -0.05) is 17.7 Å². The van der Waals surface area contributed by atoms with Crippen molar-refractivity contribution in [1.82, 2.24) is 0 Å². The SMILES string of the molecule is CC1=CCCC(c2cccs2)C1C(=O)O. The van der Waals surface area contributed by atoms with Gasteiger partial charge in [-0.15, -0.1) is 11.3 Å². The smallest absolute Gasteiger partial charge is 0.311 e. The summed E-state index contributed by atoms with van der Waals surface area (Å²) in [7, 11) is 0. The molecule has 0 saturated heterocycles. The van der Waals surface area contributed by atoms with Crippen LogP contribution in [-0.2, 0) is 4.79 Å². The minimum atomic E-state index is -0.693. The van der Waals surface area contributed by atoms with Crippen LogP contribution in [0.2, 0.25) is 0 Å². The van der Waals surface area contributed by atoms with E-state index < -0.39 is 5.97 Å². The Labute approximate surface area is 93.3 Å². The number of hydrogen-bond acceptors (Lipinski definition) is 2. The van der Waals surface area contributed by atoms with Gasteiger partial charge >= 0.3 is 5.97 Å². The lowest BCUT2D eigenvalue weighted by Crippen LogP contribution is -2.25. The van der Waals surface area contributed by atoms with E-state index in [-0.39, 0.29) is 11.8 Å². The minimum Gasteiger partial charge on any atom is -0.481 e. The topological polar surface area (TPSA) is 37.3 Å². The first kappa shape index (κ1) is 10.4. The molecule has 80 valence electrons. The van der Waals surface area contributed by atoms with Crippen LogP contribution in [0, 0.1) is 5.92 Å². The van der Waals surface area contributed by atoms with Crippen LogP contribution in [0.5, 0.6) is 0 Å². The number of allylic oxidation sites excluding steroid dienone is 1. The summed E-state index contributed by atoms with van der Waals surface area (Å²) < 4.78 is 0. The van der Waals surface area contributed by atoms with Crippen LogP contribution >= 0.6 is 11.3 Å². The highest BCUT2D eigenvalue weighted by atomic mass is 32.1. The number of aliphatic carboxylic acids is 1. The summed E-state index contributed by atoms with van der Waals surface area (Å²) in [6.45, 7) is 1.93. The maximum atomic E-state index is 11.2. The molecule has 1 N–H and O–H groups in total. The molecule has 1 aliphatic rings. The van der Waals surface area contributed by atoms with Crippen LogP contribution in [0.3, 0.4) is 0 Å². The standard InChI is InChI=1S/C12H14O2S/c1-8-4-2-5-9(11(8)12(13)14)10-6-3-7-15-10/h3-4,6-7,9,11H,2,5H2,1H3,(H,13,14). The van der Waals surface area contributed by atoms with Gasteiger partial charge in [0.1, 0.15) is 0 Å². The van der Waals surface area contributed by atoms with Crippen molar-refractivity contribution in [3.8, 4) is 0 Å². The van der Waals surface area contributed by atoms with E-state index in [0.717, 1.165) is 18.4 Å². The van der Waals surface area contributed by atoms with Gasteiger partial charge in [-0.25, -0.2) is 0 Å². The van der Waals surface area contributed by atoms with E-state index in [2.05, 4.69) is 6.08 Å². The molecule has 2 atom stereocenters. The second kappa shape index (κ2) is 4.19. The number of carbonyl (C=O) groups is 1. The zero-order valence-corrected chi connectivity index (χ0v) is 9.46. The van der Waals surface area contributed by atoms with Crippen molar-refractivity contribution in [3.05, 3.63) is 34.0 Å². The van der Waals surface area contributed by atoms with Crippen molar-refractivity contribution in [2.24, 2.45) is 5.92 Å². The zero-order chi connectivity index (χ0) is 10.8. The molecule has 1 aromatic rings. The molecule has 2 unspecified atom stereocenters. The zero-order valence-electron chi connectivity index (χ0n) is 8.64. The lowest BCUT2D eigenvalue weighted by molar-refractivity contribution is -0.141. The Balaban J connectivity index is 2.32. The van der Waals surface area contributed by atoms with E-state index >= 15 is 0 Å². The van der Waals surface area contributed by atoms with Crippen LogP contribution in [-0.4, -0.2) is 11.1 Å². The van der Waals surface area contributed by atoms with E-state index in [0.29, 0.717) is 0 Å². The molecule has 0 spiro atoms. The quantitative estimate of drug-likeness (QED) is 0.780. The molecule has 2 rings (SSSR count). The van der Waals surface area contributed by atoms with Gasteiger partial charge in [0.25, 0.3) is 0 Å². The Morgan fingerprint density at radius 2 is 2.40 bits per heavy atom. The van der Waals surface area contributed by atoms with Crippen molar-refractivity contribution < 1.29 is 9.90 Å². The summed E-state index contributed by atoms with van der Waals surface area (Å²) in [4.78, 5) is 12.4. The molecule has 0 amide bonds. The van der Waals surface area contributed by atoms with Crippen LogP contribution in [0.15, 0.2) is 29.2 Å². The van der Waals surface area contributed by atoms with Crippen LogP contribution in [0.1, 0.15) is 30.6 Å². The van der Waals surface area contributed by atoms with Gasteiger partial charge in [-0.2, -0.15) is 0 Å². The highest BCUT2D eigenvalue weighted by molar-refractivity contribution is 7.10. The van der Waals surface area contributed by atoms with E-state index in [9.17, 15) is 9.90 Å². The maximum absolute atomic E-state index is 11.2. The second-order valence-electron chi connectivity index (χ2n) is 3.96. The average Bonchev–Trinajstić information content (AvgIpc) is 2.69. The predicted octanol–water partition coefficient (Wildman–Crippen LogP) is 3.27. The maximum Gasteiger partial charge on any atom is 0.311 e. The molecular weight excluding hydrogens is 208 g/mol. The third-order valence-corrected chi connectivity index (χ3v) is 4.02. The Bertz CT molecular complexity index is 378. The van der Waals surface area contributed by atoms with E-state index in [1.165, 1.54) is 4.88 Å². The Kier molecular flexibility index (Phi) is 2.91. The van der Waals surface area contributed by atoms with Gasteiger partial charge in [0, 0.05) is 10.8 Å². The van der Waals surface area contributed by atoms with Crippen molar-refractivity contribution in [2.75, 3.05) is 0 Å². The van der Waals surface area contributed by atoms with Crippen molar-refractivity contribution in [2.45, 2.75) is 25.7 Å². The Morgan fingerprint density at radius 3 is 3.00 bits per heavy atom. The van der Waals surface area contributed by atoms with Gasteiger partial charge < -0.3 is 5.11 Å². The fourth-order valence-electron chi connectivity index (χ4n) is 2.28. The molecule has 2 nitrogen and oxygen atoms in total. The monoisotopic (exact) mass is 222 g/mol. The number of thiophene rings is 1. The van der Waals surface area contributed by atoms with Gasteiger partial charge in [-0.05, 0) is 31.2 Å². The van der Waals surface area contributed by atoms with Gasteiger partial charge in [0.15, 0.2) is 0 Å². The predicted molar refractivity (Wildman–Crippen MR) is 61.2 cm³/mol. The normalized spacial score (nSPS) is 26.1. The third kappa shape index (κ3) is 1.97. The van der Waals surface area contributed by atoms with Crippen LogP contribution < -0.4 is 0 Å². The minimum absolute atomic E-state index is 0.174. The summed E-state index contributed by atoms with van der Waals surface area (Å²) in [6.07, 6.45) is 4.01. The van der Waals surface area contributed by atoms with Crippen molar-refractivity contribution in [1.29, 1.82) is 0 Å². The molecule has 15 heavy (non-hydrogen) atoms. The molecule has 0 aromatic carbocycles. The molecule has 0 saturated carbocycles. The van der Waals surface area contributed by atoms with Crippen LogP contribution in [0.4, 0.5) is 0 Å². The first-order valence-corrected chi connectivity index (χ1v) is 6.01. The van der Waals surface area contributed by atoms with Gasteiger partial charge in [0.05, 0.1) is 5.92 Å². The number of carboxylic acids is 1. The average molecular weight is 222 g/mol. The lowest BCUT2D eigenvalue weighted by atomic mass is 9.78. The highest BCUT2D eigenvalue weighted by Gasteiger charge is 2.33. The van der Waals surface area contributed by atoms with E-state index in [1.807, 2.05) is 24.4 Å². The van der Waals surface area contributed by atoms with Crippen molar-refractivity contribution in [3.63, 3.8) is 0 Å². The summed E-state index contributed by atoms with van der Waals surface area (Å²) in [6, 6.07) is 4.04. The van der Waals surface area contributed by atoms with Gasteiger partial charge in [0.2, 0.25) is 0 Å². The molecule has 0 fully saturated rings. The lowest BCUT2D eigenvalue weighted by Gasteiger charge is -2.27. The van der Waals surface area contributed by atoms with Crippen LogP contribution in [0.25, 0.3) is 0 Å². The summed E-state index contributed by atoms with van der Waals surface area (Å²) in [5.74, 6) is -0.841. The first-order chi connectivity index (χ1) is 7.20. The Morgan fingerprint density at radius 1 is 1.60 bits per heavy atom. The highest BCUT2D eigenvalue weighted by Crippen LogP contribution is 2.39. The largest absolute Gasteiger partial charge is 0.481 e. The number of carboxylic acid groups (broad SMARTS) is 1. The third-order valence-electron chi connectivity index (χ3n) is 3.01. The summed E-state index contributed by atoms with van der Waals surface area (Å²) in [5, 5.41) is 11.3. The molecule has 0 radical (unpaired) electrons. The molecule has 3 heteroatoms. The molecule has 0 aliphatic heterocycles. The number of rotatable bonds is 2. The molecule has 0 bridgehead atoms. The Hall–Kier alpha value is -1.09. The molecule has 1 aromatic heterocycles. The first-order valence-electron chi connectivity index (χ1n) is 5.13.